The number of halogens is 1. The second kappa shape index (κ2) is 6.93. The van der Waals surface area contributed by atoms with Crippen molar-refractivity contribution in [2.45, 2.75) is 31.2 Å². The van der Waals surface area contributed by atoms with Crippen LogP contribution in [0.3, 0.4) is 0 Å². The number of aryl methyl sites for hydroxylation is 1. The van der Waals surface area contributed by atoms with E-state index in [1.54, 1.807) is 30.8 Å². The lowest BCUT2D eigenvalue weighted by molar-refractivity contribution is 0.557. The molecule has 1 aromatic carbocycles. The van der Waals surface area contributed by atoms with E-state index in [1.807, 2.05) is 19.2 Å². The lowest BCUT2D eigenvalue weighted by Crippen LogP contribution is -2.36. The minimum Gasteiger partial charge on any atom is -0.207 e. The van der Waals surface area contributed by atoms with Gasteiger partial charge in [0.05, 0.1) is 4.90 Å². The van der Waals surface area contributed by atoms with Crippen LogP contribution in [0.25, 0.3) is 0 Å². The fourth-order valence-corrected chi connectivity index (χ4v) is 4.51. The smallest absolute Gasteiger partial charge is 0.207 e. The second-order valence-electron chi connectivity index (χ2n) is 4.09. The minimum absolute atomic E-state index is 0.0246. The fraction of sp³-hybridized carbons (Fsp3) is 0.500. The maximum Gasteiger partial charge on any atom is 0.241 e. The van der Waals surface area contributed by atoms with Crippen molar-refractivity contribution in [1.29, 1.82) is 0 Å². The first-order chi connectivity index (χ1) is 8.40. The van der Waals surface area contributed by atoms with Gasteiger partial charge in [-0.25, -0.2) is 13.1 Å². The van der Waals surface area contributed by atoms with Gasteiger partial charge in [0.1, 0.15) is 0 Å². The summed E-state index contributed by atoms with van der Waals surface area (Å²) in [6, 6.07) is 5.26. The largest absolute Gasteiger partial charge is 0.241 e. The third kappa shape index (κ3) is 4.26. The topological polar surface area (TPSA) is 46.2 Å². The normalized spacial score (nSPS) is 13.6. The highest BCUT2D eigenvalue weighted by atomic mass is 79.9. The standard InChI is InChI=1S/C12H18BrNO2S2/c1-4-11(8-17-3)14-18(15,16)12-7-10(13)6-5-9(12)2/h5-7,11,14H,4,8H2,1-3H3. The zero-order valence-corrected chi connectivity index (χ0v) is 14.0. The van der Waals surface area contributed by atoms with Crippen LogP contribution < -0.4 is 4.72 Å². The summed E-state index contributed by atoms with van der Waals surface area (Å²) in [4.78, 5) is 0.344. The Bertz CT molecular complexity index is 503. The first-order valence-corrected chi connectivity index (χ1v) is 9.35. The van der Waals surface area contributed by atoms with Gasteiger partial charge in [0.25, 0.3) is 0 Å². The van der Waals surface area contributed by atoms with E-state index in [-0.39, 0.29) is 6.04 Å². The maximum atomic E-state index is 12.3. The van der Waals surface area contributed by atoms with Crippen molar-refractivity contribution in [2.75, 3.05) is 12.0 Å². The van der Waals surface area contributed by atoms with Crippen LogP contribution in [0.4, 0.5) is 0 Å². The molecule has 0 radical (unpaired) electrons. The van der Waals surface area contributed by atoms with Crippen molar-refractivity contribution < 1.29 is 8.42 Å². The molecule has 0 saturated heterocycles. The molecule has 1 aromatic rings. The Morgan fingerprint density at radius 2 is 2.11 bits per heavy atom. The van der Waals surface area contributed by atoms with E-state index >= 15 is 0 Å². The molecule has 1 N–H and O–H groups in total. The quantitative estimate of drug-likeness (QED) is 0.855. The molecule has 0 heterocycles. The number of rotatable bonds is 6. The predicted molar refractivity (Wildman–Crippen MR) is 81.7 cm³/mol. The van der Waals surface area contributed by atoms with E-state index in [1.165, 1.54) is 0 Å². The van der Waals surface area contributed by atoms with Crippen LogP contribution in [0.5, 0.6) is 0 Å². The van der Waals surface area contributed by atoms with Gasteiger partial charge >= 0.3 is 0 Å². The summed E-state index contributed by atoms with van der Waals surface area (Å²) in [5, 5.41) is 0. The van der Waals surface area contributed by atoms with Crippen molar-refractivity contribution >= 4 is 37.7 Å². The van der Waals surface area contributed by atoms with Crippen molar-refractivity contribution in [3.8, 4) is 0 Å². The van der Waals surface area contributed by atoms with E-state index in [4.69, 9.17) is 0 Å². The number of hydrogen-bond donors (Lipinski definition) is 1. The highest BCUT2D eigenvalue weighted by molar-refractivity contribution is 9.10. The summed E-state index contributed by atoms with van der Waals surface area (Å²) in [6.07, 6.45) is 2.76. The maximum absolute atomic E-state index is 12.3. The summed E-state index contributed by atoms with van der Waals surface area (Å²) in [6.45, 7) is 3.79. The molecule has 0 aliphatic heterocycles. The molecule has 3 nitrogen and oxygen atoms in total. The molecule has 0 spiro atoms. The van der Waals surface area contributed by atoms with E-state index < -0.39 is 10.0 Å². The Hall–Kier alpha value is -0.0400. The third-order valence-corrected chi connectivity index (χ3v) is 5.51. The molecule has 6 heteroatoms. The number of thioether (sulfide) groups is 1. The number of sulfonamides is 1. The summed E-state index contributed by atoms with van der Waals surface area (Å²) in [7, 11) is -3.44. The molecule has 0 bridgehead atoms. The first-order valence-electron chi connectivity index (χ1n) is 5.68. The van der Waals surface area contributed by atoms with Crippen molar-refractivity contribution in [1.82, 2.24) is 4.72 Å². The lowest BCUT2D eigenvalue weighted by Gasteiger charge is -2.17. The Morgan fingerprint density at radius 3 is 2.67 bits per heavy atom. The van der Waals surface area contributed by atoms with E-state index in [9.17, 15) is 8.42 Å². The van der Waals surface area contributed by atoms with Gasteiger partial charge in [-0.3, -0.25) is 0 Å². The average molecular weight is 352 g/mol. The zero-order chi connectivity index (χ0) is 13.8. The highest BCUT2D eigenvalue weighted by Crippen LogP contribution is 2.21. The van der Waals surface area contributed by atoms with E-state index in [2.05, 4.69) is 20.7 Å². The van der Waals surface area contributed by atoms with Crippen LogP contribution in [0, 0.1) is 6.92 Å². The molecule has 0 fully saturated rings. The highest BCUT2D eigenvalue weighted by Gasteiger charge is 2.20. The van der Waals surface area contributed by atoms with Crippen molar-refractivity contribution in [3.63, 3.8) is 0 Å². The van der Waals surface area contributed by atoms with Crippen LogP contribution in [0.1, 0.15) is 18.9 Å². The van der Waals surface area contributed by atoms with Gasteiger partial charge in [0.15, 0.2) is 0 Å². The molecule has 18 heavy (non-hydrogen) atoms. The van der Waals surface area contributed by atoms with E-state index in [0.29, 0.717) is 4.90 Å². The van der Waals surface area contributed by atoms with Gasteiger partial charge in [-0.05, 0) is 37.3 Å². The van der Waals surface area contributed by atoms with Crippen molar-refractivity contribution in [3.05, 3.63) is 28.2 Å². The molecule has 0 amide bonds. The van der Waals surface area contributed by atoms with Gasteiger partial charge in [0.2, 0.25) is 10.0 Å². The van der Waals surface area contributed by atoms with Crippen LogP contribution in [-0.4, -0.2) is 26.5 Å². The van der Waals surface area contributed by atoms with Crippen LogP contribution in [0.15, 0.2) is 27.6 Å². The molecular formula is C12H18BrNO2S2. The molecule has 0 saturated carbocycles. The van der Waals surface area contributed by atoms with Gasteiger partial charge in [-0.1, -0.05) is 28.9 Å². The number of hydrogen-bond acceptors (Lipinski definition) is 3. The summed E-state index contributed by atoms with van der Waals surface area (Å²) in [5.74, 6) is 0.781. The average Bonchev–Trinajstić information content (AvgIpc) is 2.31. The molecule has 1 unspecified atom stereocenters. The molecule has 0 aliphatic rings. The van der Waals surface area contributed by atoms with Crippen LogP contribution >= 0.6 is 27.7 Å². The second-order valence-corrected chi connectivity index (χ2v) is 7.60. The van der Waals surface area contributed by atoms with Gasteiger partial charge < -0.3 is 0 Å². The van der Waals surface area contributed by atoms with Gasteiger partial charge in [0, 0.05) is 16.3 Å². The Balaban J connectivity index is 3.02. The molecule has 0 aromatic heterocycles. The first kappa shape index (κ1) is 16.0. The Labute approximate surface area is 122 Å². The Morgan fingerprint density at radius 1 is 1.44 bits per heavy atom. The molecule has 1 rings (SSSR count). The Kier molecular flexibility index (Phi) is 6.17. The van der Waals surface area contributed by atoms with Gasteiger partial charge in [-0.15, -0.1) is 0 Å². The number of nitrogens with one attached hydrogen (secondary N) is 1. The zero-order valence-electron chi connectivity index (χ0n) is 10.7. The SMILES string of the molecule is CCC(CSC)NS(=O)(=O)c1cc(Br)ccc1C. The van der Waals surface area contributed by atoms with Gasteiger partial charge in [-0.2, -0.15) is 11.8 Å². The number of benzene rings is 1. The summed E-state index contributed by atoms with van der Waals surface area (Å²) < 4.78 is 28.1. The third-order valence-electron chi connectivity index (χ3n) is 2.62. The summed E-state index contributed by atoms with van der Waals surface area (Å²) >= 11 is 4.95. The molecule has 102 valence electrons. The predicted octanol–water partition coefficient (Wildman–Crippen LogP) is 3.18. The van der Waals surface area contributed by atoms with Crippen LogP contribution in [-0.2, 0) is 10.0 Å². The molecule has 1 atom stereocenters. The van der Waals surface area contributed by atoms with E-state index in [0.717, 1.165) is 22.2 Å². The lowest BCUT2D eigenvalue weighted by atomic mass is 10.2. The van der Waals surface area contributed by atoms with Crippen LogP contribution in [0.2, 0.25) is 0 Å². The molecular weight excluding hydrogens is 334 g/mol. The monoisotopic (exact) mass is 351 g/mol. The fourth-order valence-electron chi connectivity index (χ4n) is 1.58. The minimum atomic E-state index is -3.44. The molecule has 0 aliphatic carbocycles. The van der Waals surface area contributed by atoms with Crippen molar-refractivity contribution in [2.24, 2.45) is 0 Å². The summed E-state index contributed by atoms with van der Waals surface area (Å²) in [5.41, 5.74) is 0.754.